The smallest absolute Gasteiger partial charge is 0.269 e. The highest BCUT2D eigenvalue weighted by atomic mass is 32.2. The van der Waals surface area contributed by atoms with Crippen molar-refractivity contribution in [1.29, 1.82) is 0 Å². The van der Waals surface area contributed by atoms with Gasteiger partial charge in [-0.1, -0.05) is 36.4 Å². The molecule has 0 amide bonds. The number of rotatable bonds is 5. The summed E-state index contributed by atoms with van der Waals surface area (Å²) in [5.41, 5.74) is 1.64. The molecule has 1 N–H and O–H groups in total. The topological polar surface area (TPSA) is 107 Å². The Hall–Kier alpha value is -3.72. The van der Waals surface area contributed by atoms with E-state index in [-0.39, 0.29) is 10.6 Å². The van der Waals surface area contributed by atoms with Gasteiger partial charge in [-0.2, -0.15) is 0 Å². The number of nitro groups is 1. The zero-order chi connectivity index (χ0) is 19.7. The van der Waals surface area contributed by atoms with Crippen molar-refractivity contribution in [1.82, 2.24) is 9.38 Å². The van der Waals surface area contributed by atoms with Gasteiger partial charge in [-0.25, -0.2) is 13.4 Å². The summed E-state index contributed by atoms with van der Waals surface area (Å²) >= 11 is 0. The number of non-ortho nitro benzene ring substituents is 1. The van der Waals surface area contributed by atoms with Crippen LogP contribution in [0.2, 0.25) is 0 Å². The molecule has 2 aromatic carbocycles. The molecule has 140 valence electrons. The van der Waals surface area contributed by atoms with Crippen LogP contribution in [0, 0.1) is 10.1 Å². The van der Waals surface area contributed by atoms with Gasteiger partial charge < -0.3 is 0 Å². The van der Waals surface area contributed by atoms with Gasteiger partial charge in [0.2, 0.25) is 0 Å². The zero-order valence-corrected chi connectivity index (χ0v) is 15.2. The number of anilines is 1. The number of fused-ring (bicyclic) bond motifs is 1. The lowest BCUT2D eigenvalue weighted by atomic mass is 10.1. The minimum Gasteiger partial charge on any atom is -0.285 e. The van der Waals surface area contributed by atoms with Crippen LogP contribution in [0.4, 0.5) is 11.5 Å². The fraction of sp³-hybridized carbons (Fsp3) is 0. The van der Waals surface area contributed by atoms with Gasteiger partial charge in [-0.15, -0.1) is 0 Å². The predicted octanol–water partition coefficient (Wildman–Crippen LogP) is 3.71. The number of hydrogen-bond donors (Lipinski definition) is 1. The summed E-state index contributed by atoms with van der Waals surface area (Å²) in [6.07, 6.45) is 1.71. The van der Waals surface area contributed by atoms with E-state index in [1.54, 1.807) is 22.7 Å². The number of pyridine rings is 1. The highest BCUT2D eigenvalue weighted by Gasteiger charge is 2.22. The lowest BCUT2D eigenvalue weighted by Crippen LogP contribution is -2.15. The number of sulfonamides is 1. The number of nitrogens with one attached hydrogen (secondary N) is 1. The number of nitrogens with zero attached hydrogens (tertiary/aromatic N) is 3. The van der Waals surface area contributed by atoms with Gasteiger partial charge in [0, 0.05) is 23.9 Å². The molecular weight excluding hydrogens is 380 g/mol. The van der Waals surface area contributed by atoms with Crippen LogP contribution >= 0.6 is 0 Å². The molecule has 9 heteroatoms. The Balaban J connectivity index is 1.81. The van der Waals surface area contributed by atoms with E-state index in [0.29, 0.717) is 17.2 Å². The molecule has 0 aliphatic heterocycles. The summed E-state index contributed by atoms with van der Waals surface area (Å²) in [4.78, 5) is 14.7. The molecule has 4 rings (SSSR count). The van der Waals surface area contributed by atoms with Crippen molar-refractivity contribution < 1.29 is 13.3 Å². The number of imidazole rings is 1. The van der Waals surface area contributed by atoms with E-state index in [4.69, 9.17) is 0 Å². The second-order valence-corrected chi connectivity index (χ2v) is 7.64. The SMILES string of the molecule is O=[N+]([O-])c1ccc(S(=O)(=O)Nc2c(-c3ccccc3)nc3ccccn23)cc1. The second kappa shape index (κ2) is 6.78. The van der Waals surface area contributed by atoms with Crippen molar-refractivity contribution >= 4 is 27.2 Å². The first kappa shape index (κ1) is 17.7. The minimum absolute atomic E-state index is 0.0806. The fourth-order valence-corrected chi connectivity index (χ4v) is 3.89. The Morgan fingerprint density at radius 1 is 0.929 bits per heavy atom. The van der Waals surface area contributed by atoms with Crippen molar-refractivity contribution in [2.45, 2.75) is 4.90 Å². The van der Waals surface area contributed by atoms with E-state index in [2.05, 4.69) is 9.71 Å². The molecule has 0 unspecified atom stereocenters. The molecule has 0 aliphatic rings. The fourth-order valence-electron chi connectivity index (χ4n) is 2.82. The van der Waals surface area contributed by atoms with Crippen molar-refractivity contribution in [3.8, 4) is 11.3 Å². The van der Waals surface area contributed by atoms with Gasteiger partial charge in [0.1, 0.15) is 11.3 Å². The Morgan fingerprint density at radius 2 is 1.61 bits per heavy atom. The van der Waals surface area contributed by atoms with E-state index in [1.165, 1.54) is 12.1 Å². The van der Waals surface area contributed by atoms with Crippen LogP contribution < -0.4 is 4.72 Å². The maximum Gasteiger partial charge on any atom is 0.269 e. The highest BCUT2D eigenvalue weighted by Crippen LogP contribution is 2.30. The van der Waals surface area contributed by atoms with Gasteiger partial charge in [-0.3, -0.25) is 19.2 Å². The third-order valence-corrected chi connectivity index (χ3v) is 5.52. The van der Waals surface area contributed by atoms with Gasteiger partial charge in [0.05, 0.1) is 9.82 Å². The summed E-state index contributed by atoms with van der Waals surface area (Å²) in [6, 6.07) is 19.3. The van der Waals surface area contributed by atoms with Crippen molar-refractivity contribution in [2.24, 2.45) is 0 Å². The van der Waals surface area contributed by atoms with Gasteiger partial charge >= 0.3 is 0 Å². The van der Waals surface area contributed by atoms with Crippen LogP contribution in [0.3, 0.4) is 0 Å². The average Bonchev–Trinajstić information content (AvgIpc) is 3.07. The first-order valence-corrected chi connectivity index (χ1v) is 9.74. The molecule has 2 aromatic heterocycles. The second-order valence-electron chi connectivity index (χ2n) is 5.96. The molecule has 2 heterocycles. The Labute approximate surface area is 160 Å². The number of nitro benzene ring substituents is 1. The first-order chi connectivity index (χ1) is 13.5. The Kier molecular flexibility index (Phi) is 4.28. The largest absolute Gasteiger partial charge is 0.285 e. The standard InChI is InChI=1S/C19H14N4O4S/c24-23(25)15-9-11-16(12-10-15)28(26,27)21-19-18(14-6-2-1-3-7-14)20-17-8-4-5-13-22(17)19/h1-13,21H. The van der Waals surface area contributed by atoms with E-state index in [0.717, 1.165) is 17.7 Å². The Morgan fingerprint density at radius 3 is 2.29 bits per heavy atom. The van der Waals surface area contributed by atoms with E-state index >= 15 is 0 Å². The number of hydrogen-bond acceptors (Lipinski definition) is 5. The van der Waals surface area contributed by atoms with Crippen LogP contribution in [0.5, 0.6) is 0 Å². The molecular formula is C19H14N4O4S. The molecule has 0 saturated carbocycles. The van der Waals surface area contributed by atoms with Crippen molar-refractivity contribution in [3.63, 3.8) is 0 Å². The molecule has 0 bridgehead atoms. The van der Waals surface area contributed by atoms with Crippen LogP contribution in [-0.4, -0.2) is 22.7 Å². The van der Waals surface area contributed by atoms with Crippen LogP contribution in [0.25, 0.3) is 16.9 Å². The average molecular weight is 394 g/mol. The van der Waals surface area contributed by atoms with E-state index in [1.807, 2.05) is 36.4 Å². The summed E-state index contributed by atoms with van der Waals surface area (Å²) in [6.45, 7) is 0. The third kappa shape index (κ3) is 3.19. The summed E-state index contributed by atoms with van der Waals surface area (Å²) in [5.74, 6) is 0.292. The molecule has 0 radical (unpaired) electrons. The lowest BCUT2D eigenvalue weighted by molar-refractivity contribution is -0.384. The van der Waals surface area contributed by atoms with E-state index < -0.39 is 14.9 Å². The monoisotopic (exact) mass is 394 g/mol. The summed E-state index contributed by atoms with van der Waals surface area (Å²) < 4.78 is 30.0. The number of benzene rings is 2. The van der Waals surface area contributed by atoms with Crippen molar-refractivity contribution in [3.05, 3.63) is 89.1 Å². The van der Waals surface area contributed by atoms with Gasteiger partial charge in [-0.05, 0) is 24.3 Å². The molecule has 0 aliphatic carbocycles. The molecule has 4 aromatic rings. The molecule has 8 nitrogen and oxygen atoms in total. The van der Waals surface area contributed by atoms with Gasteiger partial charge in [0.15, 0.2) is 5.82 Å². The normalized spacial score (nSPS) is 11.4. The quantitative estimate of drug-likeness (QED) is 0.410. The van der Waals surface area contributed by atoms with E-state index in [9.17, 15) is 18.5 Å². The molecule has 0 saturated heterocycles. The molecule has 0 spiro atoms. The third-order valence-electron chi connectivity index (χ3n) is 4.17. The Bertz CT molecular complexity index is 1270. The highest BCUT2D eigenvalue weighted by molar-refractivity contribution is 7.92. The predicted molar refractivity (Wildman–Crippen MR) is 105 cm³/mol. The van der Waals surface area contributed by atoms with Crippen LogP contribution in [0.15, 0.2) is 83.9 Å². The zero-order valence-electron chi connectivity index (χ0n) is 14.4. The number of aromatic nitrogens is 2. The molecule has 28 heavy (non-hydrogen) atoms. The molecule has 0 fully saturated rings. The maximum atomic E-state index is 12.9. The van der Waals surface area contributed by atoms with Gasteiger partial charge in [0.25, 0.3) is 15.7 Å². The summed E-state index contributed by atoms with van der Waals surface area (Å²) in [7, 11) is -3.98. The van der Waals surface area contributed by atoms with Crippen LogP contribution in [0.1, 0.15) is 0 Å². The molecule has 0 atom stereocenters. The summed E-state index contributed by atoms with van der Waals surface area (Å²) in [5, 5.41) is 10.8. The van der Waals surface area contributed by atoms with Crippen molar-refractivity contribution in [2.75, 3.05) is 4.72 Å². The first-order valence-electron chi connectivity index (χ1n) is 8.25. The lowest BCUT2D eigenvalue weighted by Gasteiger charge is -2.10. The maximum absolute atomic E-state index is 12.9. The minimum atomic E-state index is -3.98. The van der Waals surface area contributed by atoms with Crippen LogP contribution in [-0.2, 0) is 10.0 Å².